The van der Waals surface area contributed by atoms with Crippen molar-refractivity contribution < 1.29 is 67.6 Å². The minimum Gasteiger partial charge on any atom is -0.619 e. The molecule has 22 rings (SSSR count). The van der Waals surface area contributed by atoms with Crippen LogP contribution in [0.4, 0.5) is 0 Å². The van der Waals surface area contributed by atoms with Crippen LogP contribution in [0.5, 0.6) is 0 Å². The maximum atomic E-state index is 5.98. The molecule has 0 bridgehead atoms. The third-order valence-corrected chi connectivity index (χ3v) is 22.4. The number of hydrogen-bond acceptors (Lipinski definition) is 8. The van der Waals surface area contributed by atoms with E-state index in [1.54, 1.807) is 10.9 Å². The molecule has 18 heteroatoms. The molecule has 14 nitrogen and oxygen atoms in total. The van der Waals surface area contributed by atoms with Crippen LogP contribution in [-0.4, -0.2) is 49.2 Å². The fourth-order valence-corrected chi connectivity index (χ4v) is 16.1. The van der Waals surface area contributed by atoms with Crippen molar-refractivity contribution in [3.8, 4) is 89.9 Å². The quantitative estimate of drug-likeness (QED) is 0.121. The Balaban J connectivity index is 0.000000128. The van der Waals surface area contributed by atoms with E-state index in [1.807, 2.05) is 177 Å². The normalized spacial score (nSPS) is 11.1. The molecule has 0 saturated heterocycles. The zero-order valence-electron chi connectivity index (χ0n) is 71.8. The van der Waals surface area contributed by atoms with Crippen molar-refractivity contribution in [1.82, 2.24) is 64.5 Å². The smallest absolute Gasteiger partial charge is 0.135 e. The number of para-hydroxylation sites is 6. The summed E-state index contributed by atoms with van der Waals surface area (Å²) in [5, 5.41) is 45.9. The van der Waals surface area contributed by atoms with E-state index >= 15 is 0 Å². The van der Waals surface area contributed by atoms with E-state index in [1.165, 1.54) is 58.7 Å². The summed E-state index contributed by atoms with van der Waals surface area (Å²) in [6.07, 6.45) is 3.65. The predicted molar refractivity (Wildman–Crippen MR) is 505 cm³/mol. The third-order valence-electron chi connectivity index (χ3n) is 21.3. The molecule has 640 valence electrons. The molecule has 0 fully saturated rings. The van der Waals surface area contributed by atoms with Crippen LogP contribution in [0.2, 0.25) is 0 Å². The van der Waals surface area contributed by atoms with Gasteiger partial charge in [-0.3, -0.25) is 14.0 Å². The van der Waals surface area contributed by atoms with Crippen LogP contribution < -0.4 is 15.3 Å². The van der Waals surface area contributed by atoms with Crippen molar-refractivity contribution in [2.24, 2.45) is 0 Å². The summed E-state index contributed by atoms with van der Waals surface area (Å²) >= 11 is 1.85. The van der Waals surface area contributed by atoms with E-state index in [0.717, 1.165) is 135 Å². The first-order valence-corrected chi connectivity index (χ1v) is 42.0. The van der Waals surface area contributed by atoms with Crippen LogP contribution in [0.15, 0.2) is 338 Å². The minimum absolute atomic E-state index is 0. The maximum absolute atomic E-state index is 5.98. The van der Waals surface area contributed by atoms with Gasteiger partial charge in [0.25, 0.3) is 0 Å². The summed E-state index contributed by atoms with van der Waals surface area (Å²) < 4.78 is 16.6. The van der Waals surface area contributed by atoms with Crippen molar-refractivity contribution in [3.05, 3.63) is 410 Å². The van der Waals surface area contributed by atoms with Crippen molar-refractivity contribution >= 4 is 75.3 Å². The number of furan rings is 1. The molecule has 22 aromatic rings. The fourth-order valence-electron chi connectivity index (χ4n) is 14.9. The summed E-state index contributed by atoms with van der Waals surface area (Å²) in [5.74, 6) is 0. The molecule has 0 N–H and O–H groups in total. The number of nitrogens with zero attached hydrogens (tertiary/aromatic N) is 13. The van der Waals surface area contributed by atoms with Crippen molar-refractivity contribution in [3.63, 3.8) is 0 Å². The number of aryl methyl sites for hydroxylation is 5. The van der Waals surface area contributed by atoms with Gasteiger partial charge in [0.05, 0.1) is 22.4 Å². The summed E-state index contributed by atoms with van der Waals surface area (Å²) in [6.45, 7) is 22.9. The van der Waals surface area contributed by atoms with Gasteiger partial charge in [-0.1, -0.05) is 202 Å². The number of aromatic nitrogens is 13. The third kappa shape index (κ3) is 20.8. The van der Waals surface area contributed by atoms with Gasteiger partial charge < -0.3 is 39.6 Å². The molecular weight excluding hydrogens is 2120 g/mol. The zero-order valence-corrected chi connectivity index (χ0v) is 79.5. The Morgan fingerprint density at radius 3 is 1.27 bits per heavy atom. The first-order chi connectivity index (χ1) is 60.3. The van der Waals surface area contributed by atoms with E-state index < -0.39 is 0 Å². The second-order valence-electron chi connectivity index (χ2n) is 32.5. The Morgan fingerprint density at radius 1 is 0.339 bits per heavy atom. The molecule has 0 atom stereocenters. The first-order valence-electron chi connectivity index (χ1n) is 41.2. The molecule has 0 spiro atoms. The van der Waals surface area contributed by atoms with Crippen LogP contribution in [0.25, 0.3) is 154 Å². The average molecular weight is 2210 g/mol. The van der Waals surface area contributed by atoms with Crippen LogP contribution >= 0.6 is 11.3 Å². The van der Waals surface area contributed by atoms with Gasteiger partial charge in [0.1, 0.15) is 11.2 Å². The number of thiophene rings is 1. The molecule has 0 saturated carbocycles. The van der Waals surface area contributed by atoms with Gasteiger partial charge >= 0.3 is 0 Å². The Hall–Kier alpha value is -13.0. The molecule has 0 aliphatic carbocycles. The SMILES string of the molecule is CC(C)(C)c1cc(-c2[c-]cc(-c3ccc4c(c3)sc3ccccc34)cc2)[n-]n1.CC(C)(C)c1cc(-c2[c-]cc(-c3ccc4c5ccccc5n(-c5ccccc5)c4c3)cc2)[n-]n1.Cc1cc(-c2[c-]cc(-c3ccc4c(c3)oc3ccccc34)cc2)[n-]n1.Cc1cc(C)n(-c2[c-]cccc2)n1.Cc1cc(C)n(-c2[c-]cccc2)n1.[Pt].[Pt].[Pt].[c-]1ccccc1-n1cccn1. The number of hydrogen-bond donors (Lipinski definition) is 0. The van der Waals surface area contributed by atoms with Gasteiger partial charge in [-0.2, -0.15) is 105 Å². The molecule has 0 unspecified atom stereocenters. The van der Waals surface area contributed by atoms with Gasteiger partial charge in [-0.15, -0.1) is 102 Å². The monoisotopic (exact) mass is 2210 g/mol. The van der Waals surface area contributed by atoms with E-state index in [4.69, 9.17) is 4.42 Å². The maximum Gasteiger partial charge on any atom is 0.135 e. The Morgan fingerprint density at radius 2 is 0.780 bits per heavy atom. The molecule has 0 aliphatic rings. The van der Waals surface area contributed by atoms with Crippen LogP contribution in [0.1, 0.15) is 81.4 Å². The first kappa shape index (κ1) is 90.3. The number of benzene rings is 13. The Labute approximate surface area is 787 Å². The van der Waals surface area contributed by atoms with Crippen LogP contribution in [-0.2, 0) is 74.0 Å². The average Bonchev–Trinajstić information content (AvgIpc) is 1.59. The van der Waals surface area contributed by atoms with E-state index in [0.29, 0.717) is 0 Å². The molecule has 9 aromatic heterocycles. The van der Waals surface area contributed by atoms with Crippen molar-refractivity contribution in [2.75, 3.05) is 0 Å². The largest absolute Gasteiger partial charge is 0.619 e. The molecule has 0 aliphatic heterocycles. The topological polar surface area (TPSA) is 152 Å². The van der Waals surface area contributed by atoms with Crippen LogP contribution in [0, 0.1) is 71.0 Å². The zero-order chi connectivity index (χ0) is 85.4. The van der Waals surface area contributed by atoms with Gasteiger partial charge in [0.15, 0.2) is 0 Å². The van der Waals surface area contributed by atoms with Gasteiger partial charge in [-0.25, -0.2) is 17.1 Å². The predicted octanol–water partition coefficient (Wildman–Crippen LogP) is 26.0. The van der Waals surface area contributed by atoms with Crippen LogP contribution in [0.3, 0.4) is 0 Å². The molecule has 13 aromatic carbocycles. The second-order valence-corrected chi connectivity index (χ2v) is 33.6. The molecule has 127 heavy (non-hydrogen) atoms. The van der Waals surface area contributed by atoms with Crippen molar-refractivity contribution in [1.29, 1.82) is 0 Å². The fraction of sp³-hybridized carbons (Fsp3) is 0.119. The number of rotatable bonds is 10. The van der Waals surface area contributed by atoms with Crippen molar-refractivity contribution in [2.45, 2.75) is 87.0 Å². The van der Waals surface area contributed by atoms with Gasteiger partial charge in [-0.05, 0) is 118 Å². The standard InChI is InChI=1S/C31H25N3.C25H20N2S.C22H14N2O.2C11H11N2.C9H7N2.3Pt/c1-31(2,3)30-20-27(32-33-30)22-15-13-21(14-16-22)23-17-18-26-25-11-7-8-12-28(25)34(29(26)19-23)24-9-5-4-6-10-24;1-25(2,3)24-15-21(26-27-24)17-10-8-16(9-11-17)18-12-13-20-19-6-4-5-7-22(19)28-23(20)14-18;1-14-12-20(24-23-14)16-8-6-15(7-9-16)17-10-11-19-18-4-2-3-5-21(18)25-22(19)13-17;2*1-9-8-10(2)13(12-9)11-6-4-3-5-7-11;1-2-5-9(6-3-1)11-8-4-7-10-11;;;/h4-15,17-20H,1-3H3;4-10,12-15H,1-3H3;2-8,10-13H,1H3;2*3-6,8H,1-2H3;1-5,7-8H;;;/q3*-2;3*-1;;;. The van der Waals surface area contributed by atoms with E-state index in [-0.39, 0.29) is 74.0 Å². The molecule has 0 radical (unpaired) electrons. The molecule has 0 amide bonds. The summed E-state index contributed by atoms with van der Waals surface area (Å²) in [7, 11) is 0. The summed E-state index contributed by atoms with van der Waals surface area (Å²) in [4.78, 5) is 0. The summed E-state index contributed by atoms with van der Waals surface area (Å²) in [6, 6.07) is 129. The molecular formula is C109H88N13OPt3S-9. The van der Waals surface area contributed by atoms with E-state index in [2.05, 4.69) is 335 Å². The number of fused-ring (bicyclic) bond motifs is 9. The summed E-state index contributed by atoms with van der Waals surface area (Å²) in [5.41, 5.74) is 28.0. The minimum atomic E-state index is -0.0161. The molecule has 9 heterocycles. The van der Waals surface area contributed by atoms with E-state index in [9.17, 15) is 0 Å². The van der Waals surface area contributed by atoms with Gasteiger partial charge in [0, 0.05) is 162 Å². The second kappa shape index (κ2) is 40.1. The Bertz CT molecular complexity index is 7270. The van der Waals surface area contributed by atoms with Gasteiger partial charge in [0.2, 0.25) is 0 Å². The Kier molecular flexibility index (Phi) is 28.5.